The van der Waals surface area contributed by atoms with E-state index in [-0.39, 0.29) is 12.0 Å². The summed E-state index contributed by atoms with van der Waals surface area (Å²) in [6, 6.07) is 3.92. The molecule has 0 saturated carbocycles. The Morgan fingerprint density at radius 3 is 2.96 bits per heavy atom. The van der Waals surface area contributed by atoms with E-state index in [1.165, 1.54) is 11.3 Å². The van der Waals surface area contributed by atoms with Gasteiger partial charge in [-0.15, -0.1) is 11.3 Å². The van der Waals surface area contributed by atoms with Crippen LogP contribution in [0.5, 0.6) is 11.5 Å². The maximum absolute atomic E-state index is 12.8. The number of rotatable bonds is 4. The molecular formula is C18H20N2O4S. The molecule has 2 aliphatic rings. The Kier molecular flexibility index (Phi) is 4.85. The van der Waals surface area contributed by atoms with Crippen LogP contribution in [0.3, 0.4) is 0 Å². The number of thiophene rings is 1. The summed E-state index contributed by atoms with van der Waals surface area (Å²) in [5, 5.41) is 1.85. The molecule has 7 heteroatoms. The lowest BCUT2D eigenvalue weighted by atomic mass is 10.1. The number of amides is 1. The number of carbonyl (C=O) groups is 1. The molecule has 0 atom stereocenters. The van der Waals surface area contributed by atoms with Crippen LogP contribution in [0.15, 0.2) is 29.9 Å². The Hall–Kier alpha value is -2.12. The van der Waals surface area contributed by atoms with Crippen LogP contribution < -0.4 is 9.47 Å². The van der Waals surface area contributed by atoms with E-state index in [0.29, 0.717) is 49.3 Å². The summed E-state index contributed by atoms with van der Waals surface area (Å²) >= 11 is 1.40. The number of pyridine rings is 1. The van der Waals surface area contributed by atoms with Crippen LogP contribution in [0.2, 0.25) is 0 Å². The highest BCUT2D eigenvalue weighted by molar-refractivity contribution is 7.12. The van der Waals surface area contributed by atoms with Gasteiger partial charge in [-0.1, -0.05) is 6.07 Å². The molecule has 0 N–H and O–H groups in total. The molecule has 2 aliphatic heterocycles. The van der Waals surface area contributed by atoms with Crippen molar-refractivity contribution in [3.05, 3.63) is 40.3 Å². The Labute approximate surface area is 150 Å². The number of carbonyl (C=O) groups excluding carboxylic acids is 1. The highest BCUT2D eigenvalue weighted by Crippen LogP contribution is 2.40. The second kappa shape index (κ2) is 7.41. The second-order valence-corrected chi connectivity index (χ2v) is 7.00. The van der Waals surface area contributed by atoms with Gasteiger partial charge in [-0.3, -0.25) is 9.78 Å². The van der Waals surface area contributed by atoms with Crippen LogP contribution in [0.4, 0.5) is 0 Å². The van der Waals surface area contributed by atoms with Gasteiger partial charge in [0.1, 0.15) is 18.1 Å². The molecule has 0 aromatic carbocycles. The van der Waals surface area contributed by atoms with Gasteiger partial charge in [-0.25, -0.2) is 0 Å². The summed E-state index contributed by atoms with van der Waals surface area (Å²) in [7, 11) is 0. The molecule has 0 spiro atoms. The van der Waals surface area contributed by atoms with E-state index < -0.39 is 0 Å². The predicted molar refractivity (Wildman–Crippen MR) is 93.3 cm³/mol. The van der Waals surface area contributed by atoms with Gasteiger partial charge in [-0.05, 0) is 24.5 Å². The predicted octanol–water partition coefficient (Wildman–Crippen LogP) is 2.74. The highest BCUT2D eigenvalue weighted by Gasteiger charge is 2.29. The number of aromatic nitrogens is 1. The van der Waals surface area contributed by atoms with E-state index in [2.05, 4.69) is 4.98 Å². The zero-order valence-electron chi connectivity index (χ0n) is 13.8. The smallest absolute Gasteiger partial charge is 0.267 e. The van der Waals surface area contributed by atoms with E-state index in [1.807, 2.05) is 28.6 Å². The largest absolute Gasteiger partial charge is 0.485 e. The van der Waals surface area contributed by atoms with Gasteiger partial charge in [-0.2, -0.15) is 0 Å². The molecule has 6 nitrogen and oxygen atoms in total. The minimum Gasteiger partial charge on any atom is -0.485 e. The third kappa shape index (κ3) is 3.62. The van der Waals surface area contributed by atoms with Crippen molar-refractivity contribution in [2.75, 3.05) is 26.3 Å². The van der Waals surface area contributed by atoms with Gasteiger partial charge < -0.3 is 19.1 Å². The minimum absolute atomic E-state index is 0.0301. The third-order valence-electron chi connectivity index (χ3n) is 4.43. The first-order valence-electron chi connectivity index (χ1n) is 8.48. The second-order valence-electron chi connectivity index (χ2n) is 6.12. The van der Waals surface area contributed by atoms with Crippen LogP contribution in [0.1, 0.15) is 28.1 Å². The quantitative estimate of drug-likeness (QED) is 0.839. The summed E-state index contributed by atoms with van der Waals surface area (Å²) in [6.45, 7) is 3.00. The fourth-order valence-corrected chi connectivity index (χ4v) is 3.97. The number of hydrogen-bond donors (Lipinski definition) is 0. The van der Waals surface area contributed by atoms with Crippen LogP contribution >= 0.6 is 11.3 Å². The molecule has 1 saturated heterocycles. The molecule has 0 aliphatic carbocycles. The molecule has 25 heavy (non-hydrogen) atoms. The topological polar surface area (TPSA) is 60.9 Å². The zero-order valence-corrected chi connectivity index (χ0v) is 14.7. The number of nitrogens with zero attached hydrogens (tertiary/aromatic N) is 2. The van der Waals surface area contributed by atoms with E-state index in [4.69, 9.17) is 14.2 Å². The normalized spacial score (nSPS) is 17.5. The number of piperidine rings is 1. The summed E-state index contributed by atoms with van der Waals surface area (Å²) in [5.41, 5.74) is 1.07. The molecule has 4 heterocycles. The number of hydrogen-bond acceptors (Lipinski definition) is 6. The Balaban J connectivity index is 1.31. The van der Waals surface area contributed by atoms with Gasteiger partial charge in [0, 0.05) is 30.9 Å². The molecule has 2 aromatic heterocycles. The number of ether oxygens (including phenoxy) is 3. The fourth-order valence-electron chi connectivity index (χ4n) is 3.08. The maximum atomic E-state index is 12.8. The van der Waals surface area contributed by atoms with E-state index >= 15 is 0 Å². The van der Waals surface area contributed by atoms with Crippen molar-refractivity contribution >= 4 is 17.2 Å². The lowest BCUT2D eigenvalue weighted by molar-refractivity contribution is -0.000463. The van der Waals surface area contributed by atoms with Gasteiger partial charge in [0.25, 0.3) is 5.91 Å². The Morgan fingerprint density at radius 1 is 1.32 bits per heavy atom. The van der Waals surface area contributed by atoms with Crippen molar-refractivity contribution in [3.63, 3.8) is 0 Å². The lowest BCUT2D eigenvalue weighted by Gasteiger charge is -2.32. The van der Waals surface area contributed by atoms with Crippen molar-refractivity contribution in [1.82, 2.24) is 9.88 Å². The summed E-state index contributed by atoms with van der Waals surface area (Å²) in [4.78, 5) is 19.4. The van der Waals surface area contributed by atoms with Crippen molar-refractivity contribution in [1.29, 1.82) is 0 Å². The molecule has 1 fully saturated rings. The van der Waals surface area contributed by atoms with Gasteiger partial charge in [0.15, 0.2) is 11.5 Å². The number of fused-ring (bicyclic) bond motifs is 1. The zero-order chi connectivity index (χ0) is 17.1. The van der Waals surface area contributed by atoms with Gasteiger partial charge in [0.2, 0.25) is 0 Å². The van der Waals surface area contributed by atoms with Crippen LogP contribution in [-0.4, -0.2) is 48.2 Å². The summed E-state index contributed by atoms with van der Waals surface area (Å²) in [5.74, 6) is 1.33. The van der Waals surface area contributed by atoms with Crippen LogP contribution in [0, 0.1) is 0 Å². The first kappa shape index (κ1) is 16.4. The standard InChI is InChI=1S/C18H20N2O4S/c21-18(17-16-15(12-25-17)22-8-9-23-16)20-6-3-14(4-7-20)24-11-13-2-1-5-19-10-13/h1-2,5,10,12,14H,3-4,6-9,11H2. The molecule has 0 bridgehead atoms. The first-order valence-corrected chi connectivity index (χ1v) is 9.36. The van der Waals surface area contributed by atoms with Gasteiger partial charge >= 0.3 is 0 Å². The molecule has 1 amide bonds. The van der Waals surface area contributed by atoms with Crippen LogP contribution in [0.25, 0.3) is 0 Å². The minimum atomic E-state index is 0.0301. The van der Waals surface area contributed by atoms with Crippen molar-refractivity contribution in [3.8, 4) is 11.5 Å². The van der Waals surface area contributed by atoms with Gasteiger partial charge in [0.05, 0.1) is 12.7 Å². The summed E-state index contributed by atoms with van der Waals surface area (Å²) in [6.07, 6.45) is 5.45. The average molecular weight is 360 g/mol. The average Bonchev–Trinajstić information content (AvgIpc) is 3.11. The summed E-state index contributed by atoms with van der Waals surface area (Å²) < 4.78 is 17.1. The molecular weight excluding hydrogens is 340 g/mol. The number of likely N-dealkylation sites (tertiary alicyclic amines) is 1. The van der Waals surface area contributed by atoms with E-state index in [1.54, 1.807) is 6.20 Å². The van der Waals surface area contributed by atoms with Crippen molar-refractivity contribution < 1.29 is 19.0 Å². The van der Waals surface area contributed by atoms with Crippen molar-refractivity contribution in [2.24, 2.45) is 0 Å². The monoisotopic (exact) mass is 360 g/mol. The van der Waals surface area contributed by atoms with E-state index in [9.17, 15) is 4.79 Å². The SMILES string of the molecule is O=C(c1scc2c1OCCO2)N1CCC(OCc2cccnc2)CC1. The van der Waals surface area contributed by atoms with Crippen LogP contribution in [-0.2, 0) is 11.3 Å². The highest BCUT2D eigenvalue weighted by atomic mass is 32.1. The van der Waals surface area contributed by atoms with E-state index in [0.717, 1.165) is 18.4 Å². The molecule has 0 unspecified atom stereocenters. The first-order chi connectivity index (χ1) is 12.3. The third-order valence-corrected chi connectivity index (χ3v) is 5.36. The molecule has 2 aromatic rings. The van der Waals surface area contributed by atoms with Crippen molar-refractivity contribution in [2.45, 2.75) is 25.6 Å². The fraction of sp³-hybridized carbons (Fsp3) is 0.444. The molecule has 132 valence electrons. The lowest BCUT2D eigenvalue weighted by Crippen LogP contribution is -2.40. The molecule has 4 rings (SSSR count). The Morgan fingerprint density at radius 2 is 2.16 bits per heavy atom. The molecule has 0 radical (unpaired) electrons. The Bertz CT molecular complexity index is 726. The maximum Gasteiger partial charge on any atom is 0.267 e.